The van der Waals surface area contributed by atoms with Crippen LogP contribution in [-0.2, 0) is 9.59 Å². The van der Waals surface area contributed by atoms with Crippen LogP contribution in [0.4, 0.5) is 0 Å². The van der Waals surface area contributed by atoms with Crippen molar-refractivity contribution in [1.29, 1.82) is 0 Å². The van der Waals surface area contributed by atoms with Gasteiger partial charge in [-0.15, -0.1) is 11.3 Å². The van der Waals surface area contributed by atoms with E-state index in [4.69, 9.17) is 10.2 Å². The van der Waals surface area contributed by atoms with Crippen molar-refractivity contribution in [2.75, 3.05) is 6.54 Å². The lowest BCUT2D eigenvalue weighted by atomic mass is 10.2. The van der Waals surface area contributed by atoms with Crippen molar-refractivity contribution in [3.8, 4) is 0 Å². The molecule has 0 aliphatic heterocycles. The van der Waals surface area contributed by atoms with Gasteiger partial charge in [0.25, 0.3) is 0 Å². The molecule has 0 fully saturated rings. The van der Waals surface area contributed by atoms with E-state index in [1.54, 1.807) is 6.08 Å². The van der Waals surface area contributed by atoms with Crippen LogP contribution in [0.5, 0.6) is 0 Å². The summed E-state index contributed by atoms with van der Waals surface area (Å²) >= 11 is 1.54. The Morgan fingerprint density at radius 3 is 2.83 bits per heavy atom. The van der Waals surface area contributed by atoms with Crippen LogP contribution in [0.1, 0.15) is 16.9 Å². The molecule has 1 rings (SSSR count). The smallest absolute Gasteiger partial charge is 0.332 e. The zero-order valence-corrected chi connectivity index (χ0v) is 10.7. The molecule has 1 aromatic rings. The average Bonchev–Trinajstić information content (AvgIpc) is 2.72. The predicted octanol–water partition coefficient (Wildman–Crippen LogP) is 1.02. The molecular weight excluding hydrogens is 254 g/mol. The van der Waals surface area contributed by atoms with Gasteiger partial charge in [-0.3, -0.25) is 4.79 Å². The molecule has 5 nitrogen and oxygen atoms in total. The van der Waals surface area contributed by atoms with Gasteiger partial charge in [0, 0.05) is 23.9 Å². The fourth-order valence-corrected chi connectivity index (χ4v) is 2.04. The Morgan fingerprint density at radius 2 is 2.28 bits per heavy atom. The maximum Gasteiger partial charge on any atom is 0.332 e. The van der Waals surface area contributed by atoms with Crippen molar-refractivity contribution in [2.24, 2.45) is 0 Å². The van der Waals surface area contributed by atoms with E-state index < -0.39 is 12.1 Å². The molecular formula is C12H15NO4S. The second-order valence-electron chi connectivity index (χ2n) is 3.73. The SMILES string of the molecule is Cc1ccsc1/C=C/C(=O)NCCC(O)C(=O)O. The second kappa shape index (κ2) is 6.93. The van der Waals surface area contributed by atoms with E-state index in [2.05, 4.69) is 5.32 Å². The minimum absolute atomic E-state index is 0.00700. The van der Waals surface area contributed by atoms with E-state index in [1.165, 1.54) is 17.4 Å². The molecule has 1 heterocycles. The highest BCUT2D eigenvalue weighted by Crippen LogP contribution is 2.16. The largest absolute Gasteiger partial charge is 0.479 e. The summed E-state index contributed by atoms with van der Waals surface area (Å²) in [5, 5.41) is 21.9. The third-order valence-corrected chi connectivity index (χ3v) is 3.27. The summed E-state index contributed by atoms with van der Waals surface area (Å²) in [7, 11) is 0. The summed E-state index contributed by atoms with van der Waals surface area (Å²) in [6.45, 7) is 2.08. The maximum absolute atomic E-state index is 11.4. The van der Waals surface area contributed by atoms with Crippen molar-refractivity contribution in [3.05, 3.63) is 28.0 Å². The van der Waals surface area contributed by atoms with Gasteiger partial charge in [-0.1, -0.05) is 0 Å². The number of aliphatic hydroxyl groups excluding tert-OH is 1. The van der Waals surface area contributed by atoms with Gasteiger partial charge in [0.05, 0.1) is 0 Å². The minimum Gasteiger partial charge on any atom is -0.479 e. The molecule has 1 atom stereocenters. The van der Waals surface area contributed by atoms with Crippen LogP contribution < -0.4 is 5.32 Å². The Bertz CT molecular complexity index is 453. The van der Waals surface area contributed by atoms with Crippen LogP contribution in [0.25, 0.3) is 6.08 Å². The van der Waals surface area contributed by atoms with Crippen LogP contribution >= 0.6 is 11.3 Å². The average molecular weight is 269 g/mol. The van der Waals surface area contributed by atoms with Gasteiger partial charge < -0.3 is 15.5 Å². The molecule has 0 aromatic carbocycles. The zero-order valence-electron chi connectivity index (χ0n) is 9.92. The van der Waals surface area contributed by atoms with E-state index in [0.717, 1.165) is 10.4 Å². The third kappa shape index (κ3) is 4.68. The van der Waals surface area contributed by atoms with Crippen LogP contribution in [0.3, 0.4) is 0 Å². The number of nitrogens with one attached hydrogen (secondary N) is 1. The van der Waals surface area contributed by atoms with Crippen LogP contribution in [0.15, 0.2) is 17.5 Å². The number of carbonyl (C=O) groups is 2. The van der Waals surface area contributed by atoms with Crippen molar-refractivity contribution in [2.45, 2.75) is 19.4 Å². The van der Waals surface area contributed by atoms with Gasteiger partial charge in [0.2, 0.25) is 5.91 Å². The standard InChI is InChI=1S/C12H15NO4S/c1-8-5-7-18-10(8)2-3-11(15)13-6-4-9(14)12(16)17/h2-3,5,7,9,14H,4,6H2,1H3,(H,13,15)(H,16,17)/b3-2+. The molecule has 0 saturated carbocycles. The molecule has 0 saturated heterocycles. The van der Waals surface area contributed by atoms with Crippen molar-refractivity contribution in [1.82, 2.24) is 5.32 Å². The van der Waals surface area contributed by atoms with Crippen LogP contribution in [0.2, 0.25) is 0 Å². The third-order valence-electron chi connectivity index (χ3n) is 2.29. The summed E-state index contributed by atoms with van der Waals surface area (Å²) < 4.78 is 0. The Kier molecular flexibility index (Phi) is 5.54. The number of aryl methyl sites for hydroxylation is 1. The number of carboxylic acid groups (broad SMARTS) is 1. The number of carbonyl (C=O) groups excluding carboxylic acids is 1. The minimum atomic E-state index is -1.44. The van der Waals surface area contributed by atoms with E-state index in [1.807, 2.05) is 18.4 Å². The number of carboxylic acids is 1. The first kappa shape index (κ1) is 14.4. The number of aliphatic carboxylic acids is 1. The first-order chi connectivity index (χ1) is 8.50. The molecule has 6 heteroatoms. The predicted molar refractivity (Wildman–Crippen MR) is 69.4 cm³/mol. The van der Waals surface area contributed by atoms with E-state index >= 15 is 0 Å². The number of rotatable bonds is 6. The summed E-state index contributed by atoms with van der Waals surface area (Å²) in [6.07, 6.45) is 1.66. The second-order valence-corrected chi connectivity index (χ2v) is 4.68. The lowest BCUT2D eigenvalue weighted by Gasteiger charge is -2.05. The molecule has 1 unspecified atom stereocenters. The van der Waals surface area contributed by atoms with Gasteiger partial charge in [0.15, 0.2) is 6.10 Å². The van der Waals surface area contributed by atoms with Gasteiger partial charge in [-0.25, -0.2) is 4.79 Å². The highest BCUT2D eigenvalue weighted by Gasteiger charge is 2.12. The first-order valence-corrected chi connectivity index (χ1v) is 6.29. The Balaban J connectivity index is 2.32. The van der Waals surface area contributed by atoms with Crippen molar-refractivity contribution >= 4 is 29.3 Å². The number of hydrogen-bond acceptors (Lipinski definition) is 4. The fourth-order valence-electron chi connectivity index (χ4n) is 1.22. The van der Waals surface area contributed by atoms with Gasteiger partial charge in [0.1, 0.15) is 0 Å². The lowest BCUT2D eigenvalue weighted by molar-refractivity contribution is -0.147. The normalized spacial score (nSPS) is 12.6. The summed E-state index contributed by atoms with van der Waals surface area (Å²) in [4.78, 5) is 22.7. The molecule has 3 N–H and O–H groups in total. The van der Waals surface area contributed by atoms with Crippen molar-refractivity contribution in [3.63, 3.8) is 0 Å². The number of thiophene rings is 1. The maximum atomic E-state index is 11.4. The fraction of sp³-hybridized carbons (Fsp3) is 0.333. The molecule has 0 spiro atoms. The summed E-state index contributed by atoms with van der Waals surface area (Å²) in [5.41, 5.74) is 1.10. The number of hydrogen-bond donors (Lipinski definition) is 3. The molecule has 98 valence electrons. The lowest BCUT2D eigenvalue weighted by Crippen LogP contribution is -2.28. The number of amides is 1. The van der Waals surface area contributed by atoms with Gasteiger partial charge >= 0.3 is 5.97 Å². The molecule has 1 aromatic heterocycles. The monoisotopic (exact) mass is 269 g/mol. The molecule has 0 aliphatic carbocycles. The highest BCUT2D eigenvalue weighted by molar-refractivity contribution is 7.11. The van der Waals surface area contributed by atoms with Crippen molar-refractivity contribution < 1.29 is 19.8 Å². The van der Waals surface area contributed by atoms with Gasteiger partial charge in [-0.05, 0) is 30.0 Å². The van der Waals surface area contributed by atoms with Gasteiger partial charge in [-0.2, -0.15) is 0 Å². The van der Waals surface area contributed by atoms with Crippen LogP contribution in [-0.4, -0.2) is 34.7 Å². The first-order valence-electron chi connectivity index (χ1n) is 5.41. The Hall–Kier alpha value is -1.66. The summed E-state index contributed by atoms with van der Waals surface area (Å²) in [5.74, 6) is -1.59. The van der Waals surface area contributed by atoms with Crippen LogP contribution in [0, 0.1) is 6.92 Å². The molecule has 18 heavy (non-hydrogen) atoms. The molecule has 0 bridgehead atoms. The summed E-state index contributed by atoms with van der Waals surface area (Å²) in [6, 6.07) is 1.96. The van der Waals surface area contributed by atoms with E-state index in [0.29, 0.717) is 0 Å². The topological polar surface area (TPSA) is 86.6 Å². The molecule has 0 radical (unpaired) electrons. The number of aliphatic hydroxyl groups is 1. The Labute approximate surface area is 109 Å². The van der Waals surface area contributed by atoms with E-state index in [9.17, 15) is 9.59 Å². The van der Waals surface area contributed by atoms with E-state index in [-0.39, 0.29) is 18.9 Å². The zero-order chi connectivity index (χ0) is 13.5. The molecule has 1 amide bonds. The quantitative estimate of drug-likeness (QED) is 0.673. The highest BCUT2D eigenvalue weighted by atomic mass is 32.1. The Morgan fingerprint density at radius 1 is 1.56 bits per heavy atom. The molecule has 0 aliphatic rings.